The Balaban J connectivity index is 1.80. The maximum absolute atomic E-state index is 11.8. The van der Waals surface area contributed by atoms with Gasteiger partial charge in [0.25, 0.3) is 0 Å². The number of ketones is 2. The minimum Gasteiger partial charge on any atom is -0.460 e. The lowest BCUT2D eigenvalue weighted by molar-refractivity contribution is -0.156. The molecule has 17 heavy (non-hydrogen) atoms. The summed E-state index contributed by atoms with van der Waals surface area (Å²) in [6.45, 7) is 5.33. The summed E-state index contributed by atoms with van der Waals surface area (Å²) in [6.07, 6.45) is 0.897. The Morgan fingerprint density at radius 3 is 2.24 bits per heavy atom. The van der Waals surface area contributed by atoms with Crippen LogP contribution in [0.3, 0.4) is 0 Å². The van der Waals surface area contributed by atoms with Crippen LogP contribution in [0.5, 0.6) is 0 Å². The second-order valence-corrected chi connectivity index (χ2v) is 6.03. The quantitative estimate of drug-likeness (QED) is 0.552. The molecule has 0 heterocycles. The summed E-state index contributed by atoms with van der Waals surface area (Å²) >= 11 is 0. The smallest absolute Gasteiger partial charge is 0.313 e. The van der Waals surface area contributed by atoms with Gasteiger partial charge in [-0.3, -0.25) is 14.4 Å². The lowest BCUT2D eigenvalue weighted by atomic mass is 10.0. The molecular formula is C13H18O4. The predicted molar refractivity (Wildman–Crippen MR) is 60.2 cm³/mol. The van der Waals surface area contributed by atoms with Crippen molar-refractivity contribution >= 4 is 17.5 Å². The molecule has 0 N–H and O–H groups in total. The first-order chi connectivity index (χ1) is 7.78. The van der Waals surface area contributed by atoms with Crippen LogP contribution in [0, 0.1) is 17.8 Å². The van der Waals surface area contributed by atoms with Gasteiger partial charge in [0.1, 0.15) is 23.6 Å². The molecule has 0 radical (unpaired) electrons. The highest BCUT2D eigenvalue weighted by molar-refractivity contribution is 6.00. The van der Waals surface area contributed by atoms with Crippen molar-refractivity contribution in [3.05, 3.63) is 0 Å². The zero-order valence-electron chi connectivity index (χ0n) is 10.5. The van der Waals surface area contributed by atoms with Gasteiger partial charge in [0.05, 0.1) is 0 Å². The van der Waals surface area contributed by atoms with Gasteiger partial charge in [0.15, 0.2) is 0 Å². The highest BCUT2D eigenvalue weighted by Gasteiger charge is 2.59. The van der Waals surface area contributed by atoms with E-state index in [4.69, 9.17) is 4.74 Å². The standard InChI is InChI=1S/C13H18O4/c1-13(2,3)17-11(16)6-10(15)12-8-4-7(14)5-9(8)12/h8-9,12H,4-6H2,1-3H3. The molecule has 2 fully saturated rings. The summed E-state index contributed by atoms with van der Waals surface area (Å²) in [7, 11) is 0. The van der Waals surface area contributed by atoms with Crippen molar-refractivity contribution in [2.24, 2.45) is 17.8 Å². The largest absolute Gasteiger partial charge is 0.460 e. The maximum Gasteiger partial charge on any atom is 0.313 e. The molecule has 0 aromatic carbocycles. The Morgan fingerprint density at radius 2 is 1.76 bits per heavy atom. The van der Waals surface area contributed by atoms with Crippen molar-refractivity contribution in [2.75, 3.05) is 0 Å². The number of fused-ring (bicyclic) bond motifs is 1. The number of hydrogen-bond acceptors (Lipinski definition) is 4. The van der Waals surface area contributed by atoms with Gasteiger partial charge in [-0.25, -0.2) is 0 Å². The Hall–Kier alpha value is -1.19. The molecule has 2 saturated carbocycles. The van der Waals surface area contributed by atoms with Gasteiger partial charge >= 0.3 is 5.97 Å². The van der Waals surface area contributed by atoms with Crippen LogP contribution >= 0.6 is 0 Å². The van der Waals surface area contributed by atoms with E-state index in [1.807, 2.05) is 0 Å². The van der Waals surface area contributed by atoms with Crippen molar-refractivity contribution in [3.8, 4) is 0 Å². The molecule has 94 valence electrons. The second kappa shape index (κ2) is 3.93. The van der Waals surface area contributed by atoms with E-state index < -0.39 is 11.6 Å². The van der Waals surface area contributed by atoms with E-state index in [1.54, 1.807) is 20.8 Å². The number of rotatable bonds is 3. The number of carbonyl (C=O) groups is 3. The number of Topliss-reactive ketones (excluding diaryl/α,β-unsaturated/α-hetero) is 2. The fourth-order valence-electron chi connectivity index (χ4n) is 2.73. The van der Waals surface area contributed by atoms with Gasteiger partial charge in [-0.1, -0.05) is 0 Å². The summed E-state index contributed by atoms with van der Waals surface area (Å²) in [5.74, 6) is 0.122. The summed E-state index contributed by atoms with van der Waals surface area (Å²) in [5, 5.41) is 0. The third kappa shape index (κ3) is 2.73. The zero-order chi connectivity index (χ0) is 12.8. The monoisotopic (exact) mass is 238 g/mol. The van der Waals surface area contributed by atoms with Gasteiger partial charge in [0, 0.05) is 18.8 Å². The van der Waals surface area contributed by atoms with Crippen molar-refractivity contribution in [1.29, 1.82) is 0 Å². The van der Waals surface area contributed by atoms with E-state index in [2.05, 4.69) is 0 Å². The Labute approximate surface area is 101 Å². The number of ether oxygens (including phenoxy) is 1. The van der Waals surface area contributed by atoms with Gasteiger partial charge in [-0.2, -0.15) is 0 Å². The van der Waals surface area contributed by atoms with Crippen LogP contribution in [-0.4, -0.2) is 23.1 Å². The van der Waals surface area contributed by atoms with E-state index in [0.717, 1.165) is 0 Å². The van der Waals surface area contributed by atoms with Crippen LogP contribution in [0.15, 0.2) is 0 Å². The molecule has 2 atom stereocenters. The first kappa shape index (κ1) is 12.3. The summed E-state index contributed by atoms with van der Waals surface area (Å²) in [6, 6.07) is 0. The van der Waals surface area contributed by atoms with Gasteiger partial charge in [-0.05, 0) is 32.6 Å². The normalized spacial score (nSPS) is 31.0. The summed E-state index contributed by atoms with van der Waals surface area (Å²) in [5.41, 5.74) is -0.549. The Kier molecular flexibility index (Phi) is 2.84. The first-order valence-electron chi connectivity index (χ1n) is 6.04. The minimum atomic E-state index is -0.549. The SMILES string of the molecule is CC(C)(C)OC(=O)CC(=O)C1C2CC(=O)CC21. The Bertz CT molecular complexity index is 363. The lowest BCUT2D eigenvalue weighted by Gasteiger charge is -2.19. The van der Waals surface area contributed by atoms with E-state index >= 15 is 0 Å². The topological polar surface area (TPSA) is 60.4 Å². The number of hydrogen-bond donors (Lipinski definition) is 0. The zero-order valence-corrected chi connectivity index (χ0v) is 10.5. The molecule has 0 saturated heterocycles. The number of esters is 1. The van der Waals surface area contributed by atoms with Gasteiger partial charge in [-0.15, -0.1) is 0 Å². The molecule has 0 amide bonds. The molecule has 0 bridgehead atoms. The highest BCUT2D eigenvalue weighted by atomic mass is 16.6. The average molecular weight is 238 g/mol. The highest BCUT2D eigenvalue weighted by Crippen LogP contribution is 2.56. The van der Waals surface area contributed by atoms with Crippen molar-refractivity contribution in [2.45, 2.75) is 45.6 Å². The van der Waals surface area contributed by atoms with E-state index in [1.165, 1.54) is 0 Å². The Morgan fingerprint density at radius 1 is 1.24 bits per heavy atom. The van der Waals surface area contributed by atoms with Crippen molar-refractivity contribution in [3.63, 3.8) is 0 Å². The molecule has 4 heteroatoms. The molecular weight excluding hydrogens is 220 g/mol. The van der Waals surface area contributed by atoms with Crippen LogP contribution < -0.4 is 0 Å². The third-order valence-electron chi connectivity index (χ3n) is 3.37. The fourth-order valence-corrected chi connectivity index (χ4v) is 2.73. The molecule has 2 aliphatic carbocycles. The van der Waals surface area contributed by atoms with Gasteiger partial charge < -0.3 is 4.74 Å². The summed E-state index contributed by atoms with van der Waals surface area (Å²) < 4.78 is 5.10. The molecule has 0 aromatic heterocycles. The molecule has 4 nitrogen and oxygen atoms in total. The number of carbonyl (C=O) groups excluding carboxylic acids is 3. The van der Waals surface area contributed by atoms with E-state index in [9.17, 15) is 14.4 Å². The maximum atomic E-state index is 11.8. The molecule has 0 aliphatic heterocycles. The minimum absolute atomic E-state index is 0.0539. The average Bonchev–Trinajstić information content (AvgIpc) is 2.61. The van der Waals surface area contributed by atoms with Crippen LogP contribution in [0.1, 0.15) is 40.0 Å². The van der Waals surface area contributed by atoms with Crippen LogP contribution in [-0.2, 0) is 19.1 Å². The summed E-state index contributed by atoms with van der Waals surface area (Å²) in [4.78, 5) is 34.3. The second-order valence-electron chi connectivity index (χ2n) is 6.03. The molecule has 2 unspecified atom stereocenters. The lowest BCUT2D eigenvalue weighted by Crippen LogP contribution is -2.26. The third-order valence-corrected chi connectivity index (χ3v) is 3.37. The van der Waals surface area contributed by atoms with E-state index in [-0.39, 0.29) is 35.7 Å². The van der Waals surface area contributed by atoms with Crippen molar-refractivity contribution in [1.82, 2.24) is 0 Å². The fraction of sp³-hybridized carbons (Fsp3) is 0.769. The molecule has 2 aliphatic rings. The first-order valence-corrected chi connectivity index (χ1v) is 6.04. The molecule has 0 aromatic rings. The van der Waals surface area contributed by atoms with E-state index in [0.29, 0.717) is 12.8 Å². The molecule has 0 spiro atoms. The van der Waals surface area contributed by atoms with Crippen LogP contribution in [0.4, 0.5) is 0 Å². The van der Waals surface area contributed by atoms with Crippen LogP contribution in [0.25, 0.3) is 0 Å². The van der Waals surface area contributed by atoms with Crippen LogP contribution in [0.2, 0.25) is 0 Å². The van der Waals surface area contributed by atoms with Gasteiger partial charge in [0.2, 0.25) is 0 Å². The van der Waals surface area contributed by atoms with Crippen molar-refractivity contribution < 1.29 is 19.1 Å². The molecule has 2 rings (SSSR count). The predicted octanol–water partition coefficient (Wildman–Crippen LogP) is 1.51.